The van der Waals surface area contributed by atoms with Gasteiger partial charge in [0.15, 0.2) is 0 Å². The zero-order valence-electron chi connectivity index (χ0n) is 12.6. The van der Waals surface area contributed by atoms with Crippen LogP contribution in [-0.4, -0.2) is 57.3 Å². The maximum atomic E-state index is 12.8. The van der Waals surface area contributed by atoms with Crippen LogP contribution in [0, 0.1) is 0 Å². The van der Waals surface area contributed by atoms with Gasteiger partial charge in [-0.25, -0.2) is 0 Å². The van der Waals surface area contributed by atoms with Gasteiger partial charge in [-0.3, -0.25) is 0 Å². The van der Waals surface area contributed by atoms with Gasteiger partial charge < -0.3 is 4.90 Å². The fourth-order valence-corrected chi connectivity index (χ4v) is 3.65. The summed E-state index contributed by atoms with van der Waals surface area (Å²) in [6, 6.07) is 3.14. The zero-order chi connectivity index (χ0) is 17.4. The van der Waals surface area contributed by atoms with Crippen molar-refractivity contribution < 1.29 is 21.6 Å². The molecule has 0 aliphatic carbocycles. The highest BCUT2D eigenvalue weighted by atomic mass is 35.5. The number of rotatable bonds is 3. The van der Waals surface area contributed by atoms with Crippen molar-refractivity contribution in [1.29, 1.82) is 0 Å². The molecule has 0 unspecified atom stereocenters. The van der Waals surface area contributed by atoms with Gasteiger partial charge in [0.2, 0.25) is 0 Å². The van der Waals surface area contributed by atoms with E-state index in [1.54, 1.807) is 4.90 Å². The van der Waals surface area contributed by atoms with E-state index in [0.29, 0.717) is 0 Å². The predicted molar refractivity (Wildman–Crippen MR) is 82.8 cm³/mol. The van der Waals surface area contributed by atoms with Crippen molar-refractivity contribution in [3.8, 4) is 0 Å². The number of nitrogens with zero attached hydrogens (tertiary/aromatic N) is 3. The third kappa shape index (κ3) is 3.90. The SMILES string of the molecule is CN(C)S(=O)(=O)N1CCN(c2cc(C(F)(F)F)ccc2Cl)CC1. The summed E-state index contributed by atoms with van der Waals surface area (Å²) in [4.78, 5) is 1.67. The highest BCUT2D eigenvalue weighted by molar-refractivity contribution is 7.86. The first-order valence-electron chi connectivity index (χ1n) is 6.83. The second-order valence-corrected chi connectivity index (χ2v) is 7.89. The van der Waals surface area contributed by atoms with E-state index in [9.17, 15) is 21.6 Å². The molecule has 0 saturated carbocycles. The maximum Gasteiger partial charge on any atom is 0.416 e. The lowest BCUT2D eigenvalue weighted by Gasteiger charge is -2.36. The van der Waals surface area contributed by atoms with Crippen molar-refractivity contribution in [3.63, 3.8) is 0 Å². The maximum absolute atomic E-state index is 12.8. The van der Waals surface area contributed by atoms with E-state index in [2.05, 4.69) is 0 Å². The lowest BCUT2D eigenvalue weighted by molar-refractivity contribution is -0.137. The van der Waals surface area contributed by atoms with Crippen LogP contribution in [0.5, 0.6) is 0 Å². The molecule has 1 aliphatic rings. The molecule has 0 amide bonds. The van der Waals surface area contributed by atoms with Gasteiger partial charge in [0.05, 0.1) is 16.3 Å². The van der Waals surface area contributed by atoms with Crippen molar-refractivity contribution >= 4 is 27.5 Å². The first-order chi connectivity index (χ1) is 10.5. The number of piperazine rings is 1. The lowest BCUT2D eigenvalue weighted by atomic mass is 10.1. The van der Waals surface area contributed by atoms with Gasteiger partial charge >= 0.3 is 6.18 Å². The number of benzene rings is 1. The lowest BCUT2D eigenvalue weighted by Crippen LogP contribution is -2.51. The van der Waals surface area contributed by atoms with Crippen molar-refractivity contribution in [2.45, 2.75) is 6.18 Å². The zero-order valence-corrected chi connectivity index (χ0v) is 14.2. The third-order valence-electron chi connectivity index (χ3n) is 3.64. The fourth-order valence-electron chi connectivity index (χ4n) is 2.32. The molecule has 1 aromatic rings. The molecule has 23 heavy (non-hydrogen) atoms. The normalized spacial score (nSPS) is 17.8. The molecule has 130 valence electrons. The second kappa shape index (κ2) is 6.46. The van der Waals surface area contributed by atoms with Crippen LogP contribution in [-0.2, 0) is 16.4 Å². The number of hydrogen-bond donors (Lipinski definition) is 0. The van der Waals surface area contributed by atoms with Crippen molar-refractivity contribution in [1.82, 2.24) is 8.61 Å². The third-order valence-corrected chi connectivity index (χ3v) is 5.90. The minimum absolute atomic E-state index is 0.188. The molecule has 1 heterocycles. The fraction of sp³-hybridized carbons (Fsp3) is 0.538. The Morgan fingerprint density at radius 1 is 1.13 bits per heavy atom. The van der Waals surface area contributed by atoms with Crippen LogP contribution in [0.15, 0.2) is 18.2 Å². The molecule has 0 aromatic heterocycles. The second-order valence-electron chi connectivity index (χ2n) is 5.34. The van der Waals surface area contributed by atoms with Gasteiger partial charge in [0.1, 0.15) is 0 Å². The Morgan fingerprint density at radius 2 is 1.70 bits per heavy atom. The first-order valence-corrected chi connectivity index (χ1v) is 8.60. The summed E-state index contributed by atoms with van der Waals surface area (Å²) in [7, 11) is -0.648. The van der Waals surface area contributed by atoms with Gasteiger partial charge in [-0.1, -0.05) is 11.6 Å². The van der Waals surface area contributed by atoms with Crippen molar-refractivity contribution in [2.75, 3.05) is 45.2 Å². The molecular weight excluding hydrogens is 355 g/mol. The monoisotopic (exact) mass is 371 g/mol. The molecular formula is C13H17ClF3N3O2S. The summed E-state index contributed by atoms with van der Waals surface area (Å²) < 4.78 is 64.9. The Labute approximate surface area is 138 Å². The van der Waals surface area contributed by atoms with Gasteiger partial charge in [0.25, 0.3) is 10.2 Å². The molecule has 1 aromatic carbocycles. The molecule has 1 saturated heterocycles. The van der Waals surface area contributed by atoms with Crippen LogP contribution in [0.4, 0.5) is 18.9 Å². The van der Waals surface area contributed by atoms with E-state index >= 15 is 0 Å². The van der Waals surface area contributed by atoms with E-state index in [-0.39, 0.29) is 36.9 Å². The molecule has 1 fully saturated rings. The molecule has 0 atom stereocenters. The molecule has 0 bridgehead atoms. The minimum Gasteiger partial charge on any atom is -0.368 e. The number of alkyl halides is 3. The Balaban J connectivity index is 2.18. The van der Waals surface area contributed by atoms with E-state index in [1.807, 2.05) is 0 Å². The Kier molecular flexibility index (Phi) is 5.15. The van der Waals surface area contributed by atoms with Crippen LogP contribution in [0.3, 0.4) is 0 Å². The van der Waals surface area contributed by atoms with Gasteiger partial charge in [0, 0.05) is 40.3 Å². The first kappa shape index (κ1) is 18.3. The summed E-state index contributed by atoms with van der Waals surface area (Å²) in [6.07, 6.45) is -4.45. The van der Waals surface area contributed by atoms with Gasteiger partial charge in [-0.05, 0) is 18.2 Å². The van der Waals surface area contributed by atoms with Crippen LogP contribution < -0.4 is 4.90 Å². The summed E-state index contributed by atoms with van der Waals surface area (Å²) in [6.45, 7) is 0.919. The van der Waals surface area contributed by atoms with Crippen LogP contribution >= 0.6 is 11.6 Å². The van der Waals surface area contributed by atoms with E-state index in [0.717, 1.165) is 16.4 Å². The van der Waals surface area contributed by atoms with E-state index < -0.39 is 21.9 Å². The average molecular weight is 372 g/mol. The van der Waals surface area contributed by atoms with Crippen molar-refractivity contribution in [2.24, 2.45) is 0 Å². The average Bonchev–Trinajstić information content (AvgIpc) is 2.46. The molecule has 0 N–H and O–H groups in total. The van der Waals surface area contributed by atoms with Gasteiger partial charge in [-0.15, -0.1) is 0 Å². The molecule has 1 aliphatic heterocycles. The highest BCUT2D eigenvalue weighted by Crippen LogP contribution is 2.35. The van der Waals surface area contributed by atoms with E-state index in [4.69, 9.17) is 11.6 Å². The molecule has 0 radical (unpaired) electrons. The minimum atomic E-state index is -4.45. The summed E-state index contributed by atoms with van der Waals surface area (Å²) in [5, 5.41) is 0.210. The topological polar surface area (TPSA) is 43.9 Å². The largest absolute Gasteiger partial charge is 0.416 e. The number of hydrogen-bond acceptors (Lipinski definition) is 3. The summed E-state index contributed by atoms with van der Waals surface area (Å²) in [5.74, 6) is 0. The standard InChI is InChI=1S/C13H17ClF3N3O2S/c1-18(2)23(21,22)20-7-5-19(6-8-20)12-9-10(13(15,16)17)3-4-11(12)14/h3-4,9H,5-8H2,1-2H3. The molecule has 2 rings (SSSR count). The smallest absolute Gasteiger partial charge is 0.368 e. The predicted octanol–water partition coefficient (Wildman–Crippen LogP) is 2.29. The summed E-state index contributed by atoms with van der Waals surface area (Å²) in [5.41, 5.74) is -0.511. The Hall–Kier alpha value is -1.03. The van der Waals surface area contributed by atoms with Crippen LogP contribution in [0.1, 0.15) is 5.56 Å². The molecule has 5 nitrogen and oxygen atoms in total. The van der Waals surface area contributed by atoms with Crippen LogP contribution in [0.25, 0.3) is 0 Å². The van der Waals surface area contributed by atoms with Crippen LogP contribution in [0.2, 0.25) is 5.02 Å². The quantitative estimate of drug-likeness (QED) is 0.818. The molecule has 10 heteroatoms. The number of halogens is 4. The Bertz CT molecular complexity index is 672. The highest BCUT2D eigenvalue weighted by Gasteiger charge is 2.33. The summed E-state index contributed by atoms with van der Waals surface area (Å²) >= 11 is 6.01. The van der Waals surface area contributed by atoms with Crippen molar-refractivity contribution in [3.05, 3.63) is 28.8 Å². The molecule has 0 spiro atoms. The Morgan fingerprint density at radius 3 is 2.17 bits per heavy atom. The van der Waals surface area contributed by atoms with E-state index in [1.165, 1.54) is 24.5 Å². The number of anilines is 1. The van der Waals surface area contributed by atoms with Gasteiger partial charge in [-0.2, -0.15) is 30.2 Å².